The average Bonchev–Trinajstić information content (AvgIpc) is 2.50. The van der Waals surface area contributed by atoms with Gasteiger partial charge in [-0.15, -0.1) is 0 Å². The van der Waals surface area contributed by atoms with Crippen LogP contribution < -0.4 is 11.3 Å². The first-order valence-corrected chi connectivity index (χ1v) is 7.12. The maximum absolute atomic E-state index is 12.9. The lowest BCUT2D eigenvalue weighted by Gasteiger charge is -2.12. The summed E-state index contributed by atoms with van der Waals surface area (Å²) in [4.78, 5) is 20.2. The summed E-state index contributed by atoms with van der Waals surface area (Å²) in [6.45, 7) is -0.280. The number of rotatable bonds is 2. The lowest BCUT2D eigenvalue weighted by atomic mass is 10.2. The van der Waals surface area contributed by atoms with Crippen LogP contribution in [0.5, 0.6) is 0 Å². The summed E-state index contributed by atoms with van der Waals surface area (Å²) < 4.78 is 39.4. The third kappa shape index (κ3) is 3.05. The Labute approximate surface area is 138 Å². The summed E-state index contributed by atoms with van der Waals surface area (Å²) in [6, 6.07) is 7.52. The van der Waals surface area contributed by atoms with E-state index in [1.165, 1.54) is 0 Å². The zero-order chi connectivity index (χ0) is 17.5. The van der Waals surface area contributed by atoms with Crippen molar-refractivity contribution >= 4 is 28.3 Å². The van der Waals surface area contributed by atoms with Crippen LogP contribution in [0.3, 0.4) is 0 Å². The molecule has 124 valence electrons. The van der Waals surface area contributed by atoms with Gasteiger partial charge in [-0.2, -0.15) is 13.2 Å². The summed E-state index contributed by atoms with van der Waals surface area (Å²) in [7, 11) is 0. The Morgan fingerprint density at radius 1 is 1.21 bits per heavy atom. The van der Waals surface area contributed by atoms with Crippen molar-refractivity contribution in [2.75, 3.05) is 5.73 Å². The van der Waals surface area contributed by atoms with Gasteiger partial charge < -0.3 is 10.3 Å². The Balaban J connectivity index is 2.08. The smallest absolute Gasteiger partial charge is 0.383 e. The molecule has 9 heteroatoms. The van der Waals surface area contributed by atoms with Gasteiger partial charge in [0, 0.05) is 11.6 Å². The lowest BCUT2D eigenvalue weighted by molar-refractivity contribution is -0.138. The van der Waals surface area contributed by atoms with Crippen molar-refractivity contribution in [2.24, 2.45) is 0 Å². The predicted molar refractivity (Wildman–Crippen MR) is 83.8 cm³/mol. The fourth-order valence-electron chi connectivity index (χ4n) is 2.25. The number of halogens is 4. The summed E-state index contributed by atoms with van der Waals surface area (Å²) in [5, 5.41) is 0.0919. The van der Waals surface area contributed by atoms with Gasteiger partial charge in [-0.25, -0.2) is 9.97 Å². The average molecular weight is 355 g/mol. The molecule has 0 spiro atoms. The quantitative estimate of drug-likeness (QED) is 0.767. The van der Waals surface area contributed by atoms with E-state index in [0.29, 0.717) is 23.2 Å². The molecule has 0 bridgehead atoms. The highest BCUT2D eigenvalue weighted by Gasteiger charge is 2.32. The molecule has 0 aliphatic carbocycles. The molecule has 5 nitrogen and oxygen atoms in total. The van der Waals surface area contributed by atoms with E-state index < -0.39 is 22.3 Å². The van der Waals surface area contributed by atoms with Crippen molar-refractivity contribution < 1.29 is 13.2 Å². The molecule has 0 fully saturated rings. The number of nitrogens with two attached hydrogens (primary N) is 1. The number of hydrogen-bond acceptors (Lipinski definition) is 4. The van der Waals surface area contributed by atoms with E-state index in [4.69, 9.17) is 17.3 Å². The Kier molecular flexibility index (Phi) is 3.92. The van der Waals surface area contributed by atoms with Crippen LogP contribution in [0.2, 0.25) is 5.02 Å². The predicted octanol–water partition coefficient (Wildman–Crippen LogP) is 3.09. The van der Waals surface area contributed by atoms with Crippen LogP contribution in [0.15, 0.2) is 41.3 Å². The molecule has 0 saturated heterocycles. The maximum Gasteiger partial charge on any atom is 0.417 e. The van der Waals surface area contributed by atoms with Crippen molar-refractivity contribution in [1.82, 2.24) is 14.5 Å². The standard InChI is InChI=1S/C15H10ClF3N4O/c16-10-5-8(15(17,18)19)6-23(14(10)24)7-12-21-11-4-2-1-3-9(11)13(20)22-12/h1-6H,7H2,(H2,20,21,22). The van der Waals surface area contributed by atoms with E-state index in [1.54, 1.807) is 24.3 Å². The van der Waals surface area contributed by atoms with Crippen LogP contribution in [0, 0.1) is 0 Å². The highest BCUT2D eigenvalue weighted by molar-refractivity contribution is 6.30. The minimum Gasteiger partial charge on any atom is -0.383 e. The van der Waals surface area contributed by atoms with Crippen LogP contribution in [0.4, 0.5) is 19.0 Å². The first kappa shape index (κ1) is 16.3. The molecule has 0 saturated carbocycles. The number of anilines is 1. The molecule has 0 unspecified atom stereocenters. The Hall–Kier alpha value is -2.61. The highest BCUT2D eigenvalue weighted by atomic mass is 35.5. The molecule has 0 atom stereocenters. The molecule has 24 heavy (non-hydrogen) atoms. The summed E-state index contributed by atoms with van der Waals surface area (Å²) in [5.41, 5.74) is 4.58. The number of para-hydroxylation sites is 1. The summed E-state index contributed by atoms with van der Waals surface area (Å²) >= 11 is 5.62. The lowest BCUT2D eigenvalue weighted by Crippen LogP contribution is -2.24. The number of pyridine rings is 1. The monoisotopic (exact) mass is 354 g/mol. The van der Waals surface area contributed by atoms with Crippen molar-refractivity contribution in [3.05, 3.63) is 63.3 Å². The number of hydrogen-bond donors (Lipinski definition) is 1. The third-order valence-corrected chi connectivity index (χ3v) is 3.63. The molecular formula is C15H10ClF3N4O. The largest absolute Gasteiger partial charge is 0.417 e. The van der Waals surface area contributed by atoms with E-state index in [9.17, 15) is 18.0 Å². The van der Waals surface area contributed by atoms with Crippen LogP contribution in [0.1, 0.15) is 11.4 Å². The zero-order valence-electron chi connectivity index (χ0n) is 12.0. The molecule has 3 aromatic rings. The summed E-state index contributed by atoms with van der Waals surface area (Å²) in [6.07, 6.45) is -3.94. The number of nitrogens with zero attached hydrogens (tertiary/aromatic N) is 3. The second kappa shape index (κ2) is 5.79. The van der Waals surface area contributed by atoms with Crippen LogP contribution in [-0.4, -0.2) is 14.5 Å². The minimum absolute atomic E-state index is 0.115. The van der Waals surface area contributed by atoms with E-state index in [0.717, 1.165) is 4.57 Å². The van der Waals surface area contributed by atoms with Gasteiger partial charge in [-0.1, -0.05) is 23.7 Å². The van der Waals surface area contributed by atoms with Crippen LogP contribution in [0.25, 0.3) is 10.9 Å². The van der Waals surface area contributed by atoms with Crippen molar-refractivity contribution in [3.63, 3.8) is 0 Å². The van der Waals surface area contributed by atoms with E-state index in [-0.39, 0.29) is 18.2 Å². The van der Waals surface area contributed by atoms with Crippen molar-refractivity contribution in [2.45, 2.75) is 12.7 Å². The molecule has 0 aliphatic rings. The first-order valence-electron chi connectivity index (χ1n) is 6.74. The minimum atomic E-state index is -4.62. The molecule has 2 heterocycles. The Morgan fingerprint density at radius 3 is 2.62 bits per heavy atom. The molecule has 3 rings (SSSR count). The number of aromatic nitrogens is 3. The van der Waals surface area contributed by atoms with E-state index >= 15 is 0 Å². The fourth-order valence-corrected chi connectivity index (χ4v) is 2.47. The van der Waals surface area contributed by atoms with Gasteiger partial charge in [-0.3, -0.25) is 4.79 Å². The SMILES string of the molecule is Nc1nc(Cn2cc(C(F)(F)F)cc(Cl)c2=O)nc2ccccc12. The number of benzene rings is 1. The maximum atomic E-state index is 12.9. The molecule has 0 aliphatic heterocycles. The van der Waals surface area contributed by atoms with E-state index in [1.807, 2.05) is 0 Å². The number of fused-ring (bicyclic) bond motifs is 1. The molecular weight excluding hydrogens is 345 g/mol. The topological polar surface area (TPSA) is 73.8 Å². The Bertz CT molecular complexity index is 985. The Morgan fingerprint density at radius 2 is 1.92 bits per heavy atom. The molecule has 2 aromatic heterocycles. The molecule has 0 amide bonds. The second-order valence-corrected chi connectivity index (χ2v) is 5.46. The molecule has 1 aromatic carbocycles. The first-order chi connectivity index (χ1) is 11.3. The normalized spacial score (nSPS) is 11.8. The van der Waals surface area contributed by atoms with Gasteiger partial charge in [0.1, 0.15) is 10.8 Å². The zero-order valence-corrected chi connectivity index (χ0v) is 12.8. The highest BCUT2D eigenvalue weighted by Crippen LogP contribution is 2.29. The van der Waals surface area contributed by atoms with Gasteiger partial charge in [0.05, 0.1) is 17.6 Å². The number of alkyl halides is 3. The van der Waals surface area contributed by atoms with Gasteiger partial charge in [0.2, 0.25) is 0 Å². The van der Waals surface area contributed by atoms with Gasteiger partial charge in [-0.05, 0) is 18.2 Å². The fraction of sp³-hybridized carbons (Fsp3) is 0.133. The van der Waals surface area contributed by atoms with Gasteiger partial charge in [0.25, 0.3) is 5.56 Å². The number of nitrogen functional groups attached to an aromatic ring is 1. The molecule has 2 N–H and O–H groups in total. The van der Waals surface area contributed by atoms with Crippen molar-refractivity contribution in [3.8, 4) is 0 Å². The second-order valence-electron chi connectivity index (χ2n) is 5.05. The van der Waals surface area contributed by atoms with E-state index in [2.05, 4.69) is 9.97 Å². The van der Waals surface area contributed by atoms with Gasteiger partial charge >= 0.3 is 6.18 Å². The molecule has 0 radical (unpaired) electrons. The van der Waals surface area contributed by atoms with Crippen LogP contribution >= 0.6 is 11.6 Å². The van der Waals surface area contributed by atoms with Gasteiger partial charge in [0.15, 0.2) is 5.82 Å². The summed E-state index contributed by atoms with van der Waals surface area (Å²) in [5.74, 6) is 0.297. The van der Waals surface area contributed by atoms with Crippen LogP contribution in [-0.2, 0) is 12.7 Å². The third-order valence-electron chi connectivity index (χ3n) is 3.36. The van der Waals surface area contributed by atoms with Crippen molar-refractivity contribution in [1.29, 1.82) is 0 Å².